The molecule has 1 aliphatic carbocycles. The molecule has 3 rings (SSSR count). The van der Waals surface area contributed by atoms with Gasteiger partial charge in [0, 0.05) is 12.3 Å². The Morgan fingerprint density at radius 1 is 1.32 bits per heavy atom. The Morgan fingerprint density at radius 2 is 2.05 bits per heavy atom. The van der Waals surface area contributed by atoms with Crippen LogP contribution in [0.4, 0.5) is 0 Å². The van der Waals surface area contributed by atoms with E-state index in [9.17, 15) is 9.59 Å². The first-order valence-corrected chi connectivity index (χ1v) is 6.80. The van der Waals surface area contributed by atoms with Gasteiger partial charge in [-0.3, -0.25) is 9.59 Å². The molecule has 2 amide bonds. The van der Waals surface area contributed by atoms with E-state index in [0.29, 0.717) is 6.42 Å². The highest BCUT2D eigenvalue weighted by Gasteiger charge is 2.38. The number of carbonyl (C=O) groups excluding carboxylic acids is 2. The van der Waals surface area contributed by atoms with Crippen LogP contribution in [-0.2, 0) is 9.59 Å². The molecular weight excluding hydrogens is 240 g/mol. The fourth-order valence-electron chi connectivity index (χ4n) is 2.66. The van der Waals surface area contributed by atoms with Crippen molar-refractivity contribution in [2.24, 2.45) is 5.92 Å². The smallest absolute Gasteiger partial charge is 0.223 e. The summed E-state index contributed by atoms with van der Waals surface area (Å²) >= 11 is 0. The van der Waals surface area contributed by atoms with Crippen LogP contribution in [0.3, 0.4) is 0 Å². The van der Waals surface area contributed by atoms with Gasteiger partial charge in [0.2, 0.25) is 11.8 Å². The number of hydrogen-bond donors (Lipinski definition) is 2. The molecule has 0 radical (unpaired) electrons. The molecule has 1 aliphatic heterocycles. The van der Waals surface area contributed by atoms with Crippen molar-refractivity contribution in [3.8, 4) is 0 Å². The van der Waals surface area contributed by atoms with Gasteiger partial charge in [-0.15, -0.1) is 0 Å². The van der Waals surface area contributed by atoms with Crippen LogP contribution < -0.4 is 10.6 Å². The number of aryl methyl sites for hydroxylation is 1. The summed E-state index contributed by atoms with van der Waals surface area (Å²) in [6, 6.07) is 7.76. The maximum Gasteiger partial charge on any atom is 0.223 e. The molecule has 2 N–H and O–H groups in total. The third-order valence-electron chi connectivity index (χ3n) is 3.92. The van der Waals surface area contributed by atoms with Gasteiger partial charge in [0.05, 0.1) is 12.1 Å². The molecule has 1 aromatic carbocycles. The quantitative estimate of drug-likeness (QED) is 0.862. The molecule has 0 aromatic heterocycles. The molecule has 0 bridgehead atoms. The molecule has 4 heteroatoms. The van der Waals surface area contributed by atoms with Gasteiger partial charge in [-0.2, -0.15) is 0 Å². The average molecular weight is 258 g/mol. The minimum absolute atomic E-state index is 0.00866. The van der Waals surface area contributed by atoms with Gasteiger partial charge >= 0.3 is 0 Å². The van der Waals surface area contributed by atoms with Gasteiger partial charge in [0.15, 0.2) is 0 Å². The first-order chi connectivity index (χ1) is 9.15. The van der Waals surface area contributed by atoms with Crippen LogP contribution in [0.15, 0.2) is 24.3 Å². The zero-order chi connectivity index (χ0) is 13.4. The van der Waals surface area contributed by atoms with Gasteiger partial charge in [-0.05, 0) is 30.9 Å². The van der Waals surface area contributed by atoms with E-state index in [0.717, 1.165) is 24.0 Å². The Labute approximate surface area is 112 Å². The van der Waals surface area contributed by atoms with E-state index in [2.05, 4.69) is 10.6 Å². The Bertz CT molecular complexity index is 523. The largest absolute Gasteiger partial charge is 0.350 e. The van der Waals surface area contributed by atoms with Crippen molar-refractivity contribution in [1.82, 2.24) is 10.6 Å². The molecule has 2 fully saturated rings. The Kier molecular flexibility index (Phi) is 3.01. The minimum Gasteiger partial charge on any atom is -0.350 e. The van der Waals surface area contributed by atoms with Crippen LogP contribution in [0.25, 0.3) is 0 Å². The molecular formula is C15H18N2O2. The zero-order valence-corrected chi connectivity index (χ0v) is 11.0. The van der Waals surface area contributed by atoms with Crippen LogP contribution in [0.5, 0.6) is 0 Å². The number of nitrogens with one attached hydrogen (secondary N) is 2. The summed E-state index contributed by atoms with van der Waals surface area (Å²) < 4.78 is 0. The lowest BCUT2D eigenvalue weighted by atomic mass is 9.96. The Balaban J connectivity index is 1.80. The third-order valence-corrected chi connectivity index (χ3v) is 3.92. The van der Waals surface area contributed by atoms with E-state index in [1.807, 2.05) is 31.2 Å². The predicted molar refractivity (Wildman–Crippen MR) is 71.3 cm³/mol. The topological polar surface area (TPSA) is 58.2 Å². The first-order valence-electron chi connectivity index (χ1n) is 6.80. The molecule has 19 heavy (non-hydrogen) atoms. The lowest BCUT2D eigenvalue weighted by Crippen LogP contribution is -2.39. The molecule has 1 unspecified atom stereocenters. The maximum absolute atomic E-state index is 11.9. The third kappa shape index (κ3) is 2.48. The van der Waals surface area contributed by atoms with Crippen molar-refractivity contribution in [3.63, 3.8) is 0 Å². The lowest BCUT2D eigenvalue weighted by molar-refractivity contribution is -0.123. The van der Waals surface area contributed by atoms with E-state index < -0.39 is 0 Å². The second-order valence-corrected chi connectivity index (χ2v) is 5.50. The van der Waals surface area contributed by atoms with Gasteiger partial charge in [-0.1, -0.05) is 24.3 Å². The average Bonchev–Trinajstić information content (AvgIpc) is 3.16. The highest BCUT2D eigenvalue weighted by atomic mass is 16.2. The summed E-state index contributed by atoms with van der Waals surface area (Å²) in [7, 11) is 0. The van der Waals surface area contributed by atoms with Gasteiger partial charge < -0.3 is 10.6 Å². The van der Waals surface area contributed by atoms with Crippen molar-refractivity contribution in [2.45, 2.75) is 38.3 Å². The SMILES string of the molecule is Cc1ccccc1[C@H]1NC(=O)CC1NC(=O)C1CC1. The number of amides is 2. The van der Waals surface area contributed by atoms with Crippen molar-refractivity contribution in [2.75, 3.05) is 0 Å². The molecule has 1 saturated carbocycles. The summed E-state index contributed by atoms with van der Waals surface area (Å²) in [5, 5.41) is 6.00. The summed E-state index contributed by atoms with van der Waals surface area (Å²) in [5.41, 5.74) is 2.23. The normalized spacial score (nSPS) is 26.1. The fraction of sp³-hybridized carbons (Fsp3) is 0.467. The van der Waals surface area contributed by atoms with Crippen LogP contribution in [0.2, 0.25) is 0 Å². The highest BCUT2D eigenvalue weighted by Crippen LogP contribution is 2.31. The first kappa shape index (κ1) is 12.2. The highest BCUT2D eigenvalue weighted by molar-refractivity contribution is 5.85. The Hall–Kier alpha value is -1.84. The van der Waals surface area contributed by atoms with E-state index in [1.165, 1.54) is 0 Å². The Morgan fingerprint density at radius 3 is 2.74 bits per heavy atom. The predicted octanol–water partition coefficient (Wildman–Crippen LogP) is 1.45. The van der Waals surface area contributed by atoms with Crippen molar-refractivity contribution in [1.29, 1.82) is 0 Å². The second kappa shape index (κ2) is 4.68. The van der Waals surface area contributed by atoms with Crippen molar-refractivity contribution in [3.05, 3.63) is 35.4 Å². The summed E-state index contributed by atoms with van der Waals surface area (Å²) in [6.45, 7) is 2.03. The molecule has 2 aliphatic rings. The summed E-state index contributed by atoms with van der Waals surface area (Å²) in [6.07, 6.45) is 2.33. The number of benzene rings is 1. The molecule has 100 valence electrons. The fourth-order valence-corrected chi connectivity index (χ4v) is 2.66. The van der Waals surface area contributed by atoms with Gasteiger partial charge in [-0.25, -0.2) is 0 Å². The van der Waals surface area contributed by atoms with Crippen LogP contribution in [-0.4, -0.2) is 17.9 Å². The summed E-state index contributed by atoms with van der Waals surface area (Å²) in [4.78, 5) is 23.5. The number of hydrogen-bond acceptors (Lipinski definition) is 2. The molecule has 0 spiro atoms. The van der Waals surface area contributed by atoms with Crippen LogP contribution >= 0.6 is 0 Å². The van der Waals surface area contributed by atoms with Crippen LogP contribution in [0, 0.1) is 12.8 Å². The molecule has 2 atom stereocenters. The maximum atomic E-state index is 11.9. The van der Waals surface area contributed by atoms with E-state index in [-0.39, 0.29) is 29.8 Å². The number of carbonyl (C=O) groups is 2. The molecule has 1 saturated heterocycles. The van der Waals surface area contributed by atoms with Crippen LogP contribution in [0.1, 0.15) is 36.4 Å². The van der Waals surface area contributed by atoms with E-state index >= 15 is 0 Å². The zero-order valence-electron chi connectivity index (χ0n) is 11.0. The number of rotatable bonds is 3. The second-order valence-electron chi connectivity index (χ2n) is 5.50. The molecule has 1 heterocycles. The standard InChI is InChI=1S/C15H18N2O2/c1-9-4-2-3-5-11(9)14-12(8-13(18)17-14)16-15(19)10-6-7-10/h2-5,10,12,14H,6-8H2,1H3,(H,16,19)(H,17,18)/t12?,14-/m1/s1. The molecule has 4 nitrogen and oxygen atoms in total. The minimum atomic E-state index is -0.123. The lowest BCUT2D eigenvalue weighted by Gasteiger charge is -2.22. The van der Waals surface area contributed by atoms with Gasteiger partial charge in [0.25, 0.3) is 0 Å². The van der Waals surface area contributed by atoms with E-state index in [4.69, 9.17) is 0 Å². The van der Waals surface area contributed by atoms with E-state index in [1.54, 1.807) is 0 Å². The monoisotopic (exact) mass is 258 g/mol. The summed E-state index contributed by atoms with van der Waals surface area (Å²) in [5.74, 6) is 0.280. The van der Waals surface area contributed by atoms with Crippen molar-refractivity contribution < 1.29 is 9.59 Å². The van der Waals surface area contributed by atoms with Crippen molar-refractivity contribution >= 4 is 11.8 Å². The molecule has 1 aromatic rings. The van der Waals surface area contributed by atoms with Gasteiger partial charge in [0.1, 0.15) is 0 Å².